The van der Waals surface area contributed by atoms with Crippen LogP contribution in [0.2, 0.25) is 0 Å². The minimum absolute atomic E-state index is 0.0666. The molecule has 2 aliphatic carbocycles. The van der Waals surface area contributed by atoms with E-state index in [1.807, 2.05) is 6.08 Å². The van der Waals surface area contributed by atoms with E-state index in [4.69, 9.17) is 0 Å². The number of hydrogen-bond acceptors (Lipinski definition) is 2. The molecule has 0 aromatic heterocycles. The summed E-state index contributed by atoms with van der Waals surface area (Å²) < 4.78 is 0. The van der Waals surface area contributed by atoms with Crippen LogP contribution in [0.15, 0.2) is 24.8 Å². The van der Waals surface area contributed by atoms with Crippen LogP contribution in [0, 0.1) is 23.7 Å². The third kappa shape index (κ3) is 7.44. The van der Waals surface area contributed by atoms with Gasteiger partial charge in [0.2, 0.25) is 11.8 Å². The first kappa shape index (κ1) is 22.7. The second-order valence-electron chi connectivity index (χ2n) is 9.32. The van der Waals surface area contributed by atoms with Crippen molar-refractivity contribution in [2.75, 3.05) is 0 Å². The molecule has 0 aliphatic heterocycles. The van der Waals surface area contributed by atoms with Gasteiger partial charge in [0.15, 0.2) is 0 Å². The summed E-state index contributed by atoms with van der Waals surface area (Å²) in [5.74, 6) is 2.70. The maximum Gasteiger partial charge on any atom is 0.243 e. The molecule has 2 fully saturated rings. The van der Waals surface area contributed by atoms with Gasteiger partial charge in [-0.2, -0.15) is 0 Å². The Labute approximate surface area is 171 Å². The van der Waals surface area contributed by atoms with Crippen molar-refractivity contribution in [3.05, 3.63) is 24.8 Å². The maximum atomic E-state index is 12.3. The SMILES string of the molecule is C=CC(=O)NC1CCC(C(C)C/C=C\C(=O)NC2CCCC(C(C)C)C2)CC1. The summed E-state index contributed by atoms with van der Waals surface area (Å²) >= 11 is 0. The van der Waals surface area contributed by atoms with Crippen LogP contribution in [0.1, 0.15) is 78.6 Å². The van der Waals surface area contributed by atoms with E-state index in [1.54, 1.807) is 6.08 Å². The number of carbonyl (C=O) groups excluding carboxylic acids is 2. The van der Waals surface area contributed by atoms with Gasteiger partial charge in [-0.3, -0.25) is 9.59 Å². The average molecular weight is 389 g/mol. The lowest BCUT2D eigenvalue weighted by Gasteiger charge is -2.32. The summed E-state index contributed by atoms with van der Waals surface area (Å²) in [6, 6.07) is 0.636. The van der Waals surface area contributed by atoms with Gasteiger partial charge in [-0.25, -0.2) is 0 Å². The molecule has 2 saturated carbocycles. The third-order valence-corrected chi connectivity index (χ3v) is 6.89. The number of amides is 2. The number of nitrogens with one attached hydrogen (secondary N) is 2. The predicted octanol–water partition coefficient (Wildman–Crippen LogP) is 4.76. The van der Waals surface area contributed by atoms with Crippen molar-refractivity contribution < 1.29 is 9.59 Å². The first-order valence-corrected chi connectivity index (χ1v) is 11.3. The van der Waals surface area contributed by atoms with Gasteiger partial charge >= 0.3 is 0 Å². The van der Waals surface area contributed by atoms with Crippen molar-refractivity contribution in [1.82, 2.24) is 10.6 Å². The van der Waals surface area contributed by atoms with Crippen molar-refractivity contribution in [2.24, 2.45) is 23.7 Å². The molecule has 0 heterocycles. The van der Waals surface area contributed by atoms with E-state index in [-0.39, 0.29) is 11.8 Å². The van der Waals surface area contributed by atoms with E-state index in [0.717, 1.165) is 50.9 Å². The molecule has 0 bridgehead atoms. The molecule has 28 heavy (non-hydrogen) atoms. The van der Waals surface area contributed by atoms with Crippen molar-refractivity contribution in [3.63, 3.8) is 0 Å². The van der Waals surface area contributed by atoms with Crippen LogP contribution in [0.25, 0.3) is 0 Å². The summed E-state index contributed by atoms with van der Waals surface area (Å²) in [6.07, 6.45) is 15.2. The van der Waals surface area contributed by atoms with Gasteiger partial charge in [0, 0.05) is 12.1 Å². The van der Waals surface area contributed by atoms with Gasteiger partial charge in [0.25, 0.3) is 0 Å². The Morgan fingerprint density at radius 2 is 1.61 bits per heavy atom. The second kappa shape index (κ2) is 11.4. The van der Waals surface area contributed by atoms with Crippen molar-refractivity contribution in [2.45, 2.75) is 90.6 Å². The Hall–Kier alpha value is -1.58. The van der Waals surface area contributed by atoms with Gasteiger partial charge in [0.1, 0.15) is 0 Å². The molecule has 0 saturated heterocycles. The highest BCUT2D eigenvalue weighted by Gasteiger charge is 2.26. The topological polar surface area (TPSA) is 58.2 Å². The van der Waals surface area contributed by atoms with Gasteiger partial charge in [-0.15, -0.1) is 0 Å². The number of rotatable bonds is 8. The van der Waals surface area contributed by atoms with E-state index in [9.17, 15) is 9.59 Å². The molecule has 4 heteroatoms. The molecule has 0 spiro atoms. The van der Waals surface area contributed by atoms with Gasteiger partial charge < -0.3 is 10.6 Å². The van der Waals surface area contributed by atoms with E-state index in [0.29, 0.717) is 29.8 Å². The lowest BCUT2D eigenvalue weighted by Crippen LogP contribution is -2.38. The molecule has 0 aromatic rings. The molecule has 0 radical (unpaired) electrons. The lowest BCUT2D eigenvalue weighted by atomic mass is 9.77. The monoisotopic (exact) mass is 388 g/mol. The highest BCUT2D eigenvalue weighted by Crippen LogP contribution is 2.32. The fourth-order valence-electron chi connectivity index (χ4n) is 4.89. The summed E-state index contributed by atoms with van der Waals surface area (Å²) in [7, 11) is 0. The fourth-order valence-corrected chi connectivity index (χ4v) is 4.89. The van der Waals surface area contributed by atoms with Crippen molar-refractivity contribution in [3.8, 4) is 0 Å². The summed E-state index contributed by atoms with van der Waals surface area (Å²) in [4.78, 5) is 23.7. The zero-order valence-electron chi connectivity index (χ0n) is 18.1. The molecule has 0 aromatic carbocycles. The van der Waals surface area contributed by atoms with Crippen LogP contribution in [-0.2, 0) is 9.59 Å². The number of carbonyl (C=O) groups is 2. The molecule has 3 unspecified atom stereocenters. The van der Waals surface area contributed by atoms with Crippen molar-refractivity contribution in [1.29, 1.82) is 0 Å². The van der Waals surface area contributed by atoms with Crippen LogP contribution < -0.4 is 10.6 Å². The Morgan fingerprint density at radius 1 is 0.929 bits per heavy atom. The minimum Gasteiger partial charge on any atom is -0.350 e. The Bertz CT molecular complexity index is 547. The third-order valence-electron chi connectivity index (χ3n) is 6.89. The Morgan fingerprint density at radius 3 is 2.25 bits per heavy atom. The highest BCUT2D eigenvalue weighted by molar-refractivity contribution is 5.87. The molecular weight excluding hydrogens is 348 g/mol. The summed E-state index contributed by atoms with van der Waals surface area (Å²) in [5.41, 5.74) is 0. The summed E-state index contributed by atoms with van der Waals surface area (Å²) in [6.45, 7) is 10.4. The molecule has 2 rings (SSSR count). The standard InChI is InChI=1S/C24H40N2O2/c1-5-23(27)25-21-14-12-19(13-15-21)18(4)8-6-11-24(28)26-22-10-7-9-20(16-22)17(2)3/h5-6,11,17-22H,1,7-10,12-16H2,2-4H3,(H,25,27)(H,26,28)/b11-6-. The zero-order chi connectivity index (χ0) is 20.5. The number of allylic oxidation sites excluding steroid dienone is 1. The normalized spacial score (nSPS) is 29.4. The quantitative estimate of drug-likeness (QED) is 0.589. The maximum absolute atomic E-state index is 12.3. The van der Waals surface area contributed by atoms with Crippen LogP contribution >= 0.6 is 0 Å². The van der Waals surface area contributed by atoms with E-state index in [2.05, 4.69) is 38.0 Å². The van der Waals surface area contributed by atoms with E-state index in [1.165, 1.54) is 18.9 Å². The van der Waals surface area contributed by atoms with Crippen LogP contribution in [-0.4, -0.2) is 23.9 Å². The zero-order valence-corrected chi connectivity index (χ0v) is 18.1. The minimum atomic E-state index is -0.0666. The first-order chi connectivity index (χ1) is 13.4. The van der Waals surface area contributed by atoms with E-state index >= 15 is 0 Å². The molecule has 158 valence electrons. The molecule has 2 N–H and O–H groups in total. The predicted molar refractivity (Wildman–Crippen MR) is 116 cm³/mol. The van der Waals surface area contributed by atoms with Crippen LogP contribution in [0.5, 0.6) is 0 Å². The van der Waals surface area contributed by atoms with Crippen LogP contribution in [0.4, 0.5) is 0 Å². The van der Waals surface area contributed by atoms with Crippen LogP contribution in [0.3, 0.4) is 0 Å². The van der Waals surface area contributed by atoms with E-state index < -0.39 is 0 Å². The average Bonchev–Trinajstić information content (AvgIpc) is 2.68. The Kier molecular flexibility index (Phi) is 9.27. The molecule has 2 amide bonds. The molecule has 4 nitrogen and oxygen atoms in total. The molecule has 3 atom stereocenters. The fraction of sp³-hybridized carbons (Fsp3) is 0.750. The highest BCUT2D eigenvalue weighted by atomic mass is 16.2. The van der Waals surface area contributed by atoms with Crippen molar-refractivity contribution >= 4 is 11.8 Å². The molecule has 2 aliphatic rings. The lowest BCUT2D eigenvalue weighted by molar-refractivity contribution is -0.118. The van der Waals surface area contributed by atoms with Gasteiger partial charge in [0.05, 0.1) is 0 Å². The number of hydrogen-bond donors (Lipinski definition) is 2. The Balaban J connectivity index is 1.67. The summed E-state index contributed by atoms with van der Waals surface area (Å²) in [5, 5.41) is 6.22. The smallest absolute Gasteiger partial charge is 0.243 e. The first-order valence-electron chi connectivity index (χ1n) is 11.3. The second-order valence-corrected chi connectivity index (χ2v) is 9.32. The largest absolute Gasteiger partial charge is 0.350 e. The van der Waals surface area contributed by atoms with Gasteiger partial charge in [-0.05, 0) is 80.8 Å². The molecular formula is C24H40N2O2. The van der Waals surface area contributed by atoms with Gasteiger partial charge in [-0.1, -0.05) is 46.3 Å².